The lowest BCUT2D eigenvalue weighted by molar-refractivity contribution is 0.0978. The Bertz CT molecular complexity index is 674. The van der Waals surface area contributed by atoms with Gasteiger partial charge in [0.2, 0.25) is 0 Å². The number of aromatic nitrogens is 2. The molecule has 1 heterocycles. The SMILES string of the molecule is CC(=O)c1nn(-c2cccc(Cl)c2)c(C)c1C(C)=O. The summed E-state index contributed by atoms with van der Waals surface area (Å²) >= 11 is 5.94. The van der Waals surface area contributed by atoms with Crippen molar-refractivity contribution < 1.29 is 9.59 Å². The van der Waals surface area contributed by atoms with E-state index >= 15 is 0 Å². The topological polar surface area (TPSA) is 52.0 Å². The van der Waals surface area contributed by atoms with Crippen molar-refractivity contribution in [2.45, 2.75) is 20.8 Å². The van der Waals surface area contributed by atoms with Gasteiger partial charge in [0.15, 0.2) is 11.6 Å². The molecule has 0 atom stereocenters. The lowest BCUT2D eigenvalue weighted by Crippen LogP contribution is -2.02. The smallest absolute Gasteiger partial charge is 0.180 e. The van der Waals surface area contributed by atoms with Crippen molar-refractivity contribution in [3.8, 4) is 5.69 Å². The zero-order chi connectivity index (χ0) is 14.2. The molecule has 0 radical (unpaired) electrons. The van der Waals surface area contributed by atoms with Gasteiger partial charge in [0.1, 0.15) is 5.69 Å². The van der Waals surface area contributed by atoms with Crippen molar-refractivity contribution in [3.05, 3.63) is 46.2 Å². The Morgan fingerprint density at radius 2 is 1.89 bits per heavy atom. The standard InChI is InChI=1S/C14H13ClN2O2/c1-8-13(9(2)18)14(10(3)19)16-17(8)12-6-4-5-11(15)7-12/h4-7H,1-3H3. The van der Waals surface area contributed by atoms with Crippen molar-refractivity contribution in [1.29, 1.82) is 0 Å². The van der Waals surface area contributed by atoms with Crippen LogP contribution in [0.4, 0.5) is 0 Å². The first-order valence-electron chi connectivity index (χ1n) is 5.79. The van der Waals surface area contributed by atoms with Gasteiger partial charge in [0.05, 0.1) is 16.9 Å². The first-order chi connectivity index (χ1) is 8.91. The van der Waals surface area contributed by atoms with Crippen molar-refractivity contribution in [2.75, 3.05) is 0 Å². The molecule has 0 bridgehead atoms. The lowest BCUT2D eigenvalue weighted by Gasteiger charge is -2.04. The summed E-state index contributed by atoms with van der Waals surface area (Å²) in [6.45, 7) is 4.59. The van der Waals surface area contributed by atoms with Gasteiger partial charge in [-0.05, 0) is 32.0 Å². The summed E-state index contributed by atoms with van der Waals surface area (Å²) in [7, 11) is 0. The second kappa shape index (κ2) is 4.97. The van der Waals surface area contributed by atoms with E-state index in [0.717, 1.165) is 5.69 Å². The second-order valence-electron chi connectivity index (χ2n) is 4.31. The van der Waals surface area contributed by atoms with Gasteiger partial charge in [-0.25, -0.2) is 4.68 Å². The zero-order valence-electron chi connectivity index (χ0n) is 10.9. The fourth-order valence-electron chi connectivity index (χ4n) is 2.03. The quantitative estimate of drug-likeness (QED) is 0.809. The van der Waals surface area contributed by atoms with E-state index in [1.165, 1.54) is 13.8 Å². The highest BCUT2D eigenvalue weighted by Gasteiger charge is 2.21. The van der Waals surface area contributed by atoms with Crippen LogP contribution in [-0.2, 0) is 0 Å². The molecule has 0 spiro atoms. The third kappa shape index (κ3) is 2.44. The van der Waals surface area contributed by atoms with Gasteiger partial charge in [-0.2, -0.15) is 5.10 Å². The van der Waals surface area contributed by atoms with Gasteiger partial charge in [0, 0.05) is 11.9 Å². The predicted octanol–water partition coefficient (Wildman–Crippen LogP) is 3.24. The van der Waals surface area contributed by atoms with Gasteiger partial charge in [-0.1, -0.05) is 17.7 Å². The number of hydrogen-bond acceptors (Lipinski definition) is 3. The Hall–Kier alpha value is -1.94. The molecule has 19 heavy (non-hydrogen) atoms. The highest BCUT2D eigenvalue weighted by molar-refractivity contribution is 6.30. The number of carbonyl (C=O) groups is 2. The second-order valence-corrected chi connectivity index (χ2v) is 4.75. The minimum absolute atomic E-state index is 0.170. The largest absolute Gasteiger partial charge is 0.294 e. The number of hydrogen-bond donors (Lipinski definition) is 0. The fourth-order valence-corrected chi connectivity index (χ4v) is 2.21. The summed E-state index contributed by atoms with van der Waals surface area (Å²) in [5.41, 5.74) is 1.93. The summed E-state index contributed by atoms with van der Waals surface area (Å²) in [5.74, 6) is -0.398. The molecule has 0 saturated carbocycles. The number of rotatable bonds is 3. The van der Waals surface area contributed by atoms with E-state index in [1.807, 2.05) is 6.07 Å². The van der Waals surface area contributed by atoms with Crippen LogP contribution in [0.3, 0.4) is 0 Å². The highest BCUT2D eigenvalue weighted by Crippen LogP contribution is 2.21. The van der Waals surface area contributed by atoms with E-state index < -0.39 is 0 Å². The molecule has 0 fully saturated rings. The van der Waals surface area contributed by atoms with Gasteiger partial charge < -0.3 is 0 Å². The van der Waals surface area contributed by atoms with Crippen LogP contribution >= 0.6 is 11.6 Å². The Balaban J connectivity index is 2.69. The van der Waals surface area contributed by atoms with Crippen molar-refractivity contribution >= 4 is 23.2 Å². The average Bonchev–Trinajstić information content (AvgIpc) is 2.67. The molecule has 0 aliphatic rings. The van der Waals surface area contributed by atoms with Gasteiger partial charge in [-0.15, -0.1) is 0 Å². The molecule has 0 saturated heterocycles. The van der Waals surface area contributed by atoms with Crippen LogP contribution in [0, 0.1) is 6.92 Å². The fraction of sp³-hybridized carbons (Fsp3) is 0.214. The number of Topliss-reactive ketones (excluding diaryl/α,β-unsaturated/α-hetero) is 2. The Morgan fingerprint density at radius 3 is 2.37 bits per heavy atom. The van der Waals surface area contributed by atoms with Crippen LogP contribution in [0.5, 0.6) is 0 Å². The number of benzene rings is 1. The maximum atomic E-state index is 11.7. The molecule has 0 aliphatic heterocycles. The van der Waals surface area contributed by atoms with E-state index in [2.05, 4.69) is 5.10 Å². The molecule has 98 valence electrons. The Labute approximate surface area is 116 Å². The molecular formula is C14H13ClN2O2. The van der Waals surface area contributed by atoms with E-state index in [1.54, 1.807) is 29.8 Å². The summed E-state index contributed by atoms with van der Waals surface area (Å²) in [4.78, 5) is 23.3. The molecule has 1 aromatic carbocycles. The maximum absolute atomic E-state index is 11.7. The summed E-state index contributed by atoms with van der Waals surface area (Å²) < 4.78 is 1.57. The predicted molar refractivity (Wildman–Crippen MR) is 73.3 cm³/mol. The van der Waals surface area contributed by atoms with Crippen LogP contribution in [0.1, 0.15) is 40.4 Å². The molecule has 1 aromatic heterocycles. The molecule has 2 rings (SSSR count). The van der Waals surface area contributed by atoms with E-state index in [-0.39, 0.29) is 17.3 Å². The molecule has 0 amide bonds. The van der Waals surface area contributed by atoms with E-state index in [9.17, 15) is 9.59 Å². The molecule has 2 aromatic rings. The van der Waals surface area contributed by atoms with E-state index in [4.69, 9.17) is 11.6 Å². The van der Waals surface area contributed by atoms with Gasteiger partial charge in [-0.3, -0.25) is 9.59 Å². The summed E-state index contributed by atoms with van der Waals surface area (Å²) in [5, 5.41) is 4.80. The first kappa shape index (κ1) is 13.5. The number of carbonyl (C=O) groups excluding carboxylic acids is 2. The molecule has 0 aliphatic carbocycles. The van der Waals surface area contributed by atoms with Crippen molar-refractivity contribution in [1.82, 2.24) is 9.78 Å². The van der Waals surface area contributed by atoms with E-state index in [0.29, 0.717) is 16.3 Å². The first-order valence-corrected chi connectivity index (χ1v) is 6.17. The summed E-state index contributed by atoms with van der Waals surface area (Å²) in [6, 6.07) is 7.09. The number of nitrogens with zero attached hydrogens (tertiary/aromatic N) is 2. The summed E-state index contributed by atoms with van der Waals surface area (Å²) in [6.07, 6.45) is 0. The van der Waals surface area contributed by atoms with Gasteiger partial charge >= 0.3 is 0 Å². The van der Waals surface area contributed by atoms with Crippen LogP contribution in [0.15, 0.2) is 24.3 Å². The lowest BCUT2D eigenvalue weighted by atomic mass is 10.1. The van der Waals surface area contributed by atoms with Crippen LogP contribution < -0.4 is 0 Å². The van der Waals surface area contributed by atoms with Gasteiger partial charge in [0.25, 0.3) is 0 Å². The van der Waals surface area contributed by atoms with Crippen LogP contribution in [0.2, 0.25) is 5.02 Å². The number of halogens is 1. The molecule has 0 unspecified atom stereocenters. The van der Waals surface area contributed by atoms with Crippen LogP contribution in [0.25, 0.3) is 5.69 Å². The van der Waals surface area contributed by atoms with Crippen LogP contribution in [-0.4, -0.2) is 21.3 Å². The molecule has 5 heteroatoms. The third-order valence-corrected chi connectivity index (χ3v) is 3.09. The monoisotopic (exact) mass is 276 g/mol. The number of ketones is 2. The van der Waals surface area contributed by atoms with Crippen molar-refractivity contribution in [3.63, 3.8) is 0 Å². The Kier molecular flexibility index (Phi) is 3.53. The Morgan fingerprint density at radius 1 is 1.21 bits per heavy atom. The normalized spacial score (nSPS) is 10.5. The zero-order valence-corrected chi connectivity index (χ0v) is 11.7. The maximum Gasteiger partial charge on any atom is 0.180 e. The highest BCUT2D eigenvalue weighted by atomic mass is 35.5. The molecule has 0 N–H and O–H groups in total. The van der Waals surface area contributed by atoms with Crippen molar-refractivity contribution in [2.24, 2.45) is 0 Å². The molecular weight excluding hydrogens is 264 g/mol. The third-order valence-electron chi connectivity index (χ3n) is 2.85. The average molecular weight is 277 g/mol. The minimum atomic E-state index is -0.228. The minimum Gasteiger partial charge on any atom is -0.294 e. The molecule has 4 nitrogen and oxygen atoms in total.